The van der Waals surface area contributed by atoms with Gasteiger partial charge in [0.2, 0.25) is 0 Å². The monoisotopic (exact) mass is 510 g/mol. The van der Waals surface area contributed by atoms with Crippen molar-refractivity contribution >= 4 is 6.09 Å². The van der Waals surface area contributed by atoms with Crippen LogP contribution in [0.15, 0.2) is 39.3 Å². The van der Waals surface area contributed by atoms with Crippen LogP contribution in [0.1, 0.15) is 83.1 Å². The van der Waals surface area contributed by atoms with Crippen LogP contribution in [0, 0.1) is 22.7 Å². The molecule has 6 rings (SSSR count). The average Bonchev–Trinajstić information content (AvgIpc) is 3.04. The first-order valence-electron chi connectivity index (χ1n) is 14.4. The van der Waals surface area contributed by atoms with E-state index >= 15 is 0 Å². The van der Waals surface area contributed by atoms with E-state index in [9.17, 15) is 14.7 Å². The second-order valence-electron chi connectivity index (χ2n) is 12.8. The van der Waals surface area contributed by atoms with Crippen molar-refractivity contribution < 1.29 is 19.1 Å². The highest BCUT2D eigenvalue weighted by atomic mass is 16.6. The number of carbonyl (C=O) groups excluding carboxylic acids is 1. The van der Waals surface area contributed by atoms with Crippen LogP contribution in [0.2, 0.25) is 0 Å². The molecule has 0 radical (unpaired) electrons. The lowest BCUT2D eigenvalue weighted by Crippen LogP contribution is -2.60. The van der Waals surface area contributed by atoms with Gasteiger partial charge in [-0.2, -0.15) is 0 Å². The Kier molecular flexibility index (Phi) is 6.30. The number of amides is 1. The van der Waals surface area contributed by atoms with Crippen molar-refractivity contribution in [1.82, 2.24) is 10.2 Å². The summed E-state index contributed by atoms with van der Waals surface area (Å²) >= 11 is 0. The molecule has 1 aromatic rings. The molecule has 0 spiro atoms. The summed E-state index contributed by atoms with van der Waals surface area (Å²) in [5.41, 5.74) is 1.27. The van der Waals surface area contributed by atoms with Gasteiger partial charge < -0.3 is 24.5 Å². The van der Waals surface area contributed by atoms with E-state index in [4.69, 9.17) is 9.15 Å². The van der Waals surface area contributed by atoms with Crippen LogP contribution < -0.4 is 10.9 Å². The fourth-order valence-corrected chi connectivity index (χ4v) is 9.09. The van der Waals surface area contributed by atoms with Gasteiger partial charge in [0.1, 0.15) is 6.10 Å². The van der Waals surface area contributed by atoms with E-state index in [-0.39, 0.29) is 40.5 Å². The maximum atomic E-state index is 12.8. The highest BCUT2D eigenvalue weighted by Gasteiger charge is 2.66. The lowest BCUT2D eigenvalue weighted by molar-refractivity contribution is -0.178. The lowest BCUT2D eigenvalue weighted by Gasteiger charge is -2.61. The summed E-state index contributed by atoms with van der Waals surface area (Å²) in [4.78, 5) is 26.2. The van der Waals surface area contributed by atoms with Gasteiger partial charge in [0.15, 0.2) is 0 Å². The van der Waals surface area contributed by atoms with E-state index in [1.54, 1.807) is 6.26 Å². The SMILES string of the molecule is CC12CCC(OC(=O)N3CCCNCC3)C=C1CCC1C2CCC2(C)C(c3ccc(=O)oc3)CCC12O. The van der Waals surface area contributed by atoms with Crippen LogP contribution >= 0.6 is 0 Å². The molecule has 7 atom stereocenters. The van der Waals surface area contributed by atoms with Crippen molar-refractivity contribution in [1.29, 1.82) is 0 Å². The van der Waals surface area contributed by atoms with E-state index in [0.717, 1.165) is 83.0 Å². The van der Waals surface area contributed by atoms with Gasteiger partial charge in [-0.25, -0.2) is 9.59 Å². The first kappa shape index (κ1) is 25.2. The number of hydrogen-bond donors (Lipinski definition) is 2. The molecule has 1 amide bonds. The molecular weight excluding hydrogens is 468 g/mol. The molecule has 4 aliphatic carbocycles. The van der Waals surface area contributed by atoms with E-state index in [1.165, 1.54) is 11.6 Å². The summed E-state index contributed by atoms with van der Waals surface area (Å²) in [6.07, 6.45) is 12.1. The van der Waals surface area contributed by atoms with E-state index in [2.05, 4.69) is 25.2 Å². The van der Waals surface area contributed by atoms with Gasteiger partial charge in [-0.1, -0.05) is 19.4 Å². The van der Waals surface area contributed by atoms with Crippen LogP contribution in [0.25, 0.3) is 0 Å². The fourth-order valence-electron chi connectivity index (χ4n) is 9.09. The molecule has 7 heteroatoms. The highest BCUT2D eigenvalue weighted by Crippen LogP contribution is 2.70. The number of fused-ring (bicyclic) bond motifs is 5. The molecule has 2 N–H and O–H groups in total. The molecular formula is C30H42N2O5. The predicted octanol–water partition coefficient (Wildman–Crippen LogP) is 4.60. The predicted molar refractivity (Wildman–Crippen MR) is 140 cm³/mol. The minimum absolute atomic E-state index is 0.0486. The van der Waals surface area contributed by atoms with Gasteiger partial charge in [0.25, 0.3) is 0 Å². The van der Waals surface area contributed by atoms with E-state index < -0.39 is 5.60 Å². The number of allylic oxidation sites excluding steroid dienone is 1. The molecule has 5 aliphatic rings. The average molecular weight is 511 g/mol. The van der Waals surface area contributed by atoms with Gasteiger partial charge >= 0.3 is 11.7 Å². The van der Waals surface area contributed by atoms with Crippen LogP contribution in [-0.4, -0.2) is 54.0 Å². The van der Waals surface area contributed by atoms with Crippen LogP contribution in [-0.2, 0) is 4.74 Å². The Balaban J connectivity index is 1.20. The summed E-state index contributed by atoms with van der Waals surface area (Å²) in [6.45, 7) is 7.91. The quantitative estimate of drug-likeness (QED) is 0.565. The first-order chi connectivity index (χ1) is 17.7. The van der Waals surface area contributed by atoms with Crippen molar-refractivity contribution in [2.24, 2.45) is 22.7 Å². The van der Waals surface area contributed by atoms with Crippen molar-refractivity contribution in [3.63, 3.8) is 0 Å². The molecule has 1 aliphatic heterocycles. The number of nitrogens with one attached hydrogen (secondary N) is 1. The molecule has 1 saturated heterocycles. The first-order valence-corrected chi connectivity index (χ1v) is 14.4. The largest absolute Gasteiger partial charge is 0.442 e. The Labute approximate surface area is 219 Å². The smallest absolute Gasteiger partial charge is 0.410 e. The Hall–Kier alpha value is -2.12. The summed E-state index contributed by atoms with van der Waals surface area (Å²) in [5.74, 6) is 0.904. The van der Waals surface area contributed by atoms with Gasteiger partial charge in [-0.15, -0.1) is 0 Å². The van der Waals surface area contributed by atoms with Crippen molar-refractivity contribution in [2.45, 2.75) is 89.3 Å². The molecule has 1 aromatic heterocycles. The maximum absolute atomic E-state index is 12.8. The third kappa shape index (κ3) is 3.99. The van der Waals surface area contributed by atoms with Crippen molar-refractivity contribution in [3.05, 3.63) is 46.0 Å². The molecule has 4 fully saturated rings. The second-order valence-corrected chi connectivity index (χ2v) is 12.8. The maximum Gasteiger partial charge on any atom is 0.410 e. The van der Waals surface area contributed by atoms with Gasteiger partial charge in [-0.3, -0.25) is 0 Å². The topological polar surface area (TPSA) is 92.0 Å². The molecule has 202 valence electrons. The molecule has 7 unspecified atom stereocenters. The van der Waals surface area contributed by atoms with Gasteiger partial charge in [-0.05, 0) is 105 Å². The minimum Gasteiger partial charge on any atom is -0.442 e. The van der Waals surface area contributed by atoms with E-state index in [1.807, 2.05) is 11.0 Å². The Morgan fingerprint density at radius 2 is 1.95 bits per heavy atom. The Morgan fingerprint density at radius 3 is 2.76 bits per heavy atom. The molecule has 7 nitrogen and oxygen atoms in total. The number of aliphatic hydroxyl groups is 1. The third-order valence-corrected chi connectivity index (χ3v) is 11.2. The summed E-state index contributed by atoms with van der Waals surface area (Å²) in [6, 6.07) is 3.41. The van der Waals surface area contributed by atoms with Gasteiger partial charge in [0.05, 0.1) is 11.9 Å². The number of hydrogen-bond acceptors (Lipinski definition) is 6. The second kappa shape index (κ2) is 9.26. The summed E-state index contributed by atoms with van der Waals surface area (Å²) < 4.78 is 11.2. The number of carbonyl (C=O) groups is 1. The van der Waals surface area contributed by atoms with Crippen LogP contribution in [0.4, 0.5) is 4.79 Å². The molecule has 37 heavy (non-hydrogen) atoms. The summed E-state index contributed by atoms with van der Waals surface area (Å²) in [7, 11) is 0. The normalized spacial score (nSPS) is 41.6. The van der Waals surface area contributed by atoms with Crippen LogP contribution in [0.3, 0.4) is 0 Å². The van der Waals surface area contributed by atoms with Crippen molar-refractivity contribution in [3.8, 4) is 0 Å². The zero-order valence-corrected chi connectivity index (χ0v) is 22.3. The standard InChI is InChI=1S/C30H42N2O5/c1-28-11-8-22(37-27(34)32-16-3-14-31-15-17-32)18-21(28)5-6-25-24(28)9-12-29(2)23(10-13-30(25,29)35)20-4-7-26(33)36-19-20/h4,7,18-19,22-25,31,35H,3,5-6,8-17H2,1-2H3. The van der Waals surface area contributed by atoms with Gasteiger partial charge in [0, 0.05) is 31.1 Å². The lowest BCUT2D eigenvalue weighted by atomic mass is 9.45. The minimum atomic E-state index is -0.713. The molecule has 0 bridgehead atoms. The number of rotatable bonds is 2. The van der Waals surface area contributed by atoms with E-state index in [0.29, 0.717) is 12.5 Å². The van der Waals surface area contributed by atoms with Crippen molar-refractivity contribution in [2.75, 3.05) is 26.2 Å². The third-order valence-electron chi connectivity index (χ3n) is 11.2. The Bertz CT molecular complexity index is 1100. The zero-order valence-electron chi connectivity index (χ0n) is 22.3. The Morgan fingerprint density at radius 1 is 1.08 bits per heavy atom. The number of nitrogens with zero attached hydrogens (tertiary/aromatic N) is 1. The summed E-state index contributed by atoms with van der Waals surface area (Å²) in [5, 5.41) is 15.7. The molecule has 0 aromatic carbocycles. The molecule has 3 saturated carbocycles. The molecule has 2 heterocycles. The fraction of sp³-hybridized carbons (Fsp3) is 0.733. The van der Waals surface area contributed by atoms with Crippen LogP contribution in [0.5, 0.6) is 0 Å². The zero-order chi connectivity index (χ0) is 25.8. The highest BCUT2D eigenvalue weighted by molar-refractivity contribution is 5.68. The number of ether oxygens (including phenoxy) is 1.